The van der Waals surface area contributed by atoms with E-state index in [1.807, 2.05) is 56.3 Å². The van der Waals surface area contributed by atoms with Crippen LogP contribution in [0.3, 0.4) is 0 Å². The van der Waals surface area contributed by atoms with Crippen molar-refractivity contribution in [1.82, 2.24) is 40.5 Å². The van der Waals surface area contributed by atoms with Crippen molar-refractivity contribution in [2.45, 2.75) is 32.4 Å². The van der Waals surface area contributed by atoms with Crippen LogP contribution in [-0.4, -0.2) is 134 Å². The lowest BCUT2D eigenvalue weighted by atomic mass is 10.0. The minimum atomic E-state index is -4.02. The van der Waals surface area contributed by atoms with E-state index in [9.17, 15) is 16.8 Å². The molecule has 0 spiro atoms. The Balaban J connectivity index is 0.000000214. The van der Waals surface area contributed by atoms with Crippen LogP contribution in [-0.2, 0) is 20.2 Å². The molecule has 386 valence electrons. The molecule has 22 nitrogen and oxygen atoms in total. The van der Waals surface area contributed by atoms with E-state index in [0.717, 1.165) is 32.6 Å². The van der Waals surface area contributed by atoms with Crippen LogP contribution in [0, 0.1) is 0 Å². The zero-order valence-electron chi connectivity index (χ0n) is 40.8. The van der Waals surface area contributed by atoms with Gasteiger partial charge in [-0.05, 0) is 60.5 Å². The summed E-state index contributed by atoms with van der Waals surface area (Å²) in [6, 6.07) is 14.6. The Morgan fingerprint density at radius 2 is 0.973 bits per heavy atom. The van der Waals surface area contributed by atoms with Crippen molar-refractivity contribution >= 4 is 75.2 Å². The molecule has 6 aromatic heterocycles. The van der Waals surface area contributed by atoms with Crippen molar-refractivity contribution in [2.75, 3.05) is 77.7 Å². The summed E-state index contributed by atoms with van der Waals surface area (Å²) < 4.78 is 94.8. The lowest BCUT2D eigenvalue weighted by Gasteiger charge is -2.17. The number of nitrogens with zero attached hydrogens (tertiary/aromatic N) is 6. The molecule has 73 heavy (non-hydrogen) atoms. The lowest BCUT2D eigenvalue weighted by Crippen LogP contribution is -2.37. The van der Waals surface area contributed by atoms with E-state index in [0.29, 0.717) is 92.4 Å². The second-order valence-electron chi connectivity index (χ2n) is 16.6. The van der Waals surface area contributed by atoms with Crippen molar-refractivity contribution in [3.8, 4) is 57.0 Å². The van der Waals surface area contributed by atoms with Crippen molar-refractivity contribution < 1.29 is 54.4 Å². The molecule has 2 aromatic carbocycles. The number of hydrogen-bond acceptors (Lipinski definition) is 20. The summed E-state index contributed by atoms with van der Waals surface area (Å²) in [7, 11) is -1.73. The zero-order chi connectivity index (χ0) is 52.5. The average molecular weight is 1040 g/mol. The third-order valence-corrected chi connectivity index (χ3v) is 13.0. The van der Waals surface area contributed by atoms with Gasteiger partial charge in [0.15, 0.2) is 23.0 Å². The maximum Gasteiger partial charge on any atom is 0.266 e. The average Bonchev–Trinajstić information content (AvgIpc) is 3.37. The van der Waals surface area contributed by atoms with Crippen LogP contribution in [0.5, 0.6) is 34.5 Å². The Labute approximate surface area is 421 Å². The highest BCUT2D eigenvalue weighted by Crippen LogP contribution is 2.39. The quantitative estimate of drug-likeness (QED) is 0.0367. The predicted octanol–water partition coefficient (Wildman–Crippen LogP) is 5.77. The Kier molecular flexibility index (Phi) is 17.1. The molecule has 8 N–H and O–H groups in total. The first-order chi connectivity index (χ1) is 34.9. The molecule has 0 aliphatic heterocycles. The molecule has 0 bridgehead atoms. The number of nitrogen functional groups attached to an aromatic ring is 2. The van der Waals surface area contributed by atoms with Crippen LogP contribution in [0.15, 0.2) is 85.7 Å². The Morgan fingerprint density at radius 3 is 1.40 bits per heavy atom. The molecule has 0 saturated carbocycles. The zero-order valence-corrected chi connectivity index (χ0v) is 42.5. The van der Waals surface area contributed by atoms with E-state index < -0.39 is 20.2 Å². The van der Waals surface area contributed by atoms with Crippen molar-refractivity contribution in [1.29, 1.82) is 0 Å². The van der Waals surface area contributed by atoms with Gasteiger partial charge in [0.25, 0.3) is 20.2 Å². The minimum absolute atomic E-state index is 0.106. The summed E-state index contributed by atoms with van der Waals surface area (Å²) in [4.78, 5) is 26.7. The first kappa shape index (κ1) is 53.3. The van der Waals surface area contributed by atoms with Gasteiger partial charge in [-0.15, -0.1) is 0 Å². The van der Waals surface area contributed by atoms with Crippen LogP contribution in [0.1, 0.15) is 20.3 Å². The number of nitrogens with one attached hydrogen (secondary N) is 2. The molecule has 8 rings (SSSR count). The summed E-state index contributed by atoms with van der Waals surface area (Å²) in [6.07, 6.45) is 10.6. The standard InChI is InChI=1S/C25H29N5O6S.C24H27N5O6S/c1-4-16(28-5-6-37(31,32)33)14-36-17-7-15(11-27-12-17)21-8-18-19-9-23(34-2)24(35-3)10-22(19)29-13-20(18)25(26)30-21;1-14(27-4-5-36(30,31)32)13-35-16-6-15(10-26-11-16)20-7-17-18-8-22(33-2)23(34-3)9-21(18)28-12-19(17)24(25)29-20/h7-13,16,28H,4-6,14H2,1-3H3,(H2,26,30)(H,31,32,33);6-12,14,27H,4-5,13H2,1-3H3,(H2,25,29)(H,30,31,32). The maximum atomic E-state index is 10.9. The molecule has 2 unspecified atom stereocenters. The molecule has 8 aromatic rings. The summed E-state index contributed by atoms with van der Waals surface area (Å²) in [5, 5.41) is 10.9. The number of methoxy groups -OCH3 is 4. The van der Waals surface area contributed by atoms with E-state index in [1.54, 1.807) is 71.7 Å². The number of anilines is 2. The Morgan fingerprint density at radius 1 is 0.548 bits per heavy atom. The highest BCUT2D eigenvalue weighted by molar-refractivity contribution is 7.86. The number of rotatable bonds is 21. The number of benzene rings is 2. The van der Waals surface area contributed by atoms with Gasteiger partial charge in [-0.3, -0.25) is 29.0 Å². The fourth-order valence-corrected chi connectivity index (χ4v) is 8.46. The van der Waals surface area contributed by atoms with Gasteiger partial charge in [0.2, 0.25) is 0 Å². The highest BCUT2D eigenvalue weighted by atomic mass is 32.2. The van der Waals surface area contributed by atoms with Gasteiger partial charge in [-0.2, -0.15) is 16.8 Å². The number of ether oxygens (including phenoxy) is 6. The summed E-state index contributed by atoms with van der Waals surface area (Å²) in [5.41, 5.74) is 16.7. The van der Waals surface area contributed by atoms with E-state index in [4.69, 9.17) is 49.0 Å². The normalized spacial score (nSPS) is 12.5. The number of hydrogen-bond donors (Lipinski definition) is 6. The SMILES string of the molecule is CCC(COc1cncc(-c2cc3c(cnc4cc(OC)c(OC)cc43)c(N)n2)c1)NCCS(=O)(=O)O.COc1cc2ncc3c(N)nc(-c4cncc(OCC(C)NCCS(=O)(=O)O)c4)cc3c2cc1OC. The second kappa shape index (κ2) is 23.4. The monoisotopic (exact) mass is 1040 g/mol. The smallest absolute Gasteiger partial charge is 0.266 e. The molecular weight excluding hydrogens is 985 g/mol. The van der Waals surface area contributed by atoms with Crippen LogP contribution in [0.4, 0.5) is 11.6 Å². The molecule has 2 atom stereocenters. The third-order valence-electron chi connectivity index (χ3n) is 11.5. The molecule has 0 aliphatic rings. The first-order valence-corrected chi connectivity index (χ1v) is 25.9. The summed E-state index contributed by atoms with van der Waals surface area (Å²) in [5.74, 6) is 3.28. The largest absolute Gasteiger partial charge is 0.493 e. The topological polar surface area (TPSA) is 318 Å². The maximum absolute atomic E-state index is 10.9. The van der Waals surface area contributed by atoms with Gasteiger partial charge in [0.05, 0.1) is 74.8 Å². The molecule has 0 amide bonds. The summed E-state index contributed by atoms with van der Waals surface area (Å²) >= 11 is 0. The van der Waals surface area contributed by atoms with Gasteiger partial charge < -0.3 is 50.5 Å². The van der Waals surface area contributed by atoms with Gasteiger partial charge in [0.1, 0.15) is 36.3 Å². The lowest BCUT2D eigenvalue weighted by molar-refractivity contribution is 0.261. The molecule has 0 aliphatic carbocycles. The van der Waals surface area contributed by atoms with Gasteiger partial charge in [0, 0.05) is 94.8 Å². The van der Waals surface area contributed by atoms with Gasteiger partial charge >= 0.3 is 0 Å². The van der Waals surface area contributed by atoms with Crippen LogP contribution < -0.4 is 50.5 Å². The fraction of sp³-hybridized carbons (Fsp3) is 0.306. The van der Waals surface area contributed by atoms with E-state index in [1.165, 1.54) is 0 Å². The van der Waals surface area contributed by atoms with Crippen molar-refractivity contribution in [2.24, 2.45) is 0 Å². The Hall–Kier alpha value is -7.48. The fourth-order valence-electron chi connectivity index (χ4n) is 7.71. The number of pyridine rings is 6. The summed E-state index contributed by atoms with van der Waals surface area (Å²) in [6.45, 7) is 4.59. The van der Waals surface area contributed by atoms with Gasteiger partial charge in [-0.25, -0.2) is 9.97 Å². The molecule has 24 heteroatoms. The number of fused-ring (bicyclic) bond motifs is 6. The Bertz CT molecular complexity index is 3500. The predicted molar refractivity (Wildman–Crippen MR) is 279 cm³/mol. The molecule has 0 fully saturated rings. The van der Waals surface area contributed by atoms with Crippen LogP contribution >= 0.6 is 0 Å². The third kappa shape index (κ3) is 13.5. The first-order valence-electron chi connectivity index (χ1n) is 22.7. The number of aromatic nitrogens is 6. The molecule has 0 saturated heterocycles. The van der Waals surface area contributed by atoms with Gasteiger partial charge in [-0.1, -0.05) is 6.92 Å². The van der Waals surface area contributed by atoms with Crippen LogP contribution in [0.2, 0.25) is 0 Å². The van der Waals surface area contributed by atoms with Crippen molar-refractivity contribution in [3.63, 3.8) is 0 Å². The molecule has 0 radical (unpaired) electrons. The highest BCUT2D eigenvalue weighted by Gasteiger charge is 2.17. The second-order valence-corrected chi connectivity index (χ2v) is 19.7. The molecule has 6 heterocycles. The van der Waals surface area contributed by atoms with E-state index in [-0.39, 0.29) is 43.3 Å². The molecular formula is C49H56N10O12S2. The van der Waals surface area contributed by atoms with E-state index in [2.05, 4.69) is 40.5 Å². The van der Waals surface area contributed by atoms with Crippen molar-refractivity contribution in [3.05, 3.63) is 85.7 Å². The number of nitrogens with two attached hydrogens (primary N) is 2. The van der Waals surface area contributed by atoms with E-state index >= 15 is 0 Å². The minimum Gasteiger partial charge on any atom is -0.493 e. The van der Waals surface area contributed by atoms with Crippen LogP contribution in [0.25, 0.3) is 65.9 Å².